The Morgan fingerprint density at radius 3 is 2.68 bits per heavy atom. The second-order valence-electron chi connectivity index (χ2n) is 5.58. The van der Waals surface area contributed by atoms with Gasteiger partial charge in [0.15, 0.2) is 0 Å². The Bertz CT molecular complexity index is 540. The van der Waals surface area contributed by atoms with E-state index in [1.807, 2.05) is 6.07 Å². The summed E-state index contributed by atoms with van der Waals surface area (Å²) in [5.74, 6) is 0.886. The normalized spacial score (nSPS) is 19.8. The standard InChI is InChI=1S/C16H19NO2/c1-19-14-8-7-12-5-3-2-4-6-13(12)15(14)16(9-10-16)17-11-18/h7-8H,2-6,9-10H2,1H3. The molecule has 1 aromatic carbocycles. The van der Waals surface area contributed by atoms with Crippen molar-refractivity contribution < 1.29 is 9.53 Å². The third kappa shape index (κ3) is 2.08. The lowest BCUT2D eigenvalue weighted by Gasteiger charge is -2.20. The number of carbonyl (C=O) groups excluding carboxylic acids is 1. The number of hydrogen-bond donors (Lipinski definition) is 0. The summed E-state index contributed by atoms with van der Waals surface area (Å²) in [5, 5.41) is 0. The van der Waals surface area contributed by atoms with Gasteiger partial charge in [0.25, 0.3) is 0 Å². The van der Waals surface area contributed by atoms with Gasteiger partial charge in [-0.3, -0.25) is 0 Å². The highest BCUT2D eigenvalue weighted by Crippen LogP contribution is 2.54. The van der Waals surface area contributed by atoms with Crippen LogP contribution in [0.4, 0.5) is 0 Å². The van der Waals surface area contributed by atoms with Gasteiger partial charge < -0.3 is 4.74 Å². The fourth-order valence-electron chi connectivity index (χ4n) is 3.29. The molecule has 0 saturated heterocycles. The van der Waals surface area contributed by atoms with Gasteiger partial charge in [-0.2, -0.15) is 4.99 Å². The van der Waals surface area contributed by atoms with E-state index in [4.69, 9.17) is 4.74 Å². The van der Waals surface area contributed by atoms with Crippen LogP contribution in [0.15, 0.2) is 17.1 Å². The van der Waals surface area contributed by atoms with Gasteiger partial charge in [0, 0.05) is 5.56 Å². The zero-order valence-electron chi connectivity index (χ0n) is 11.4. The van der Waals surface area contributed by atoms with E-state index in [2.05, 4.69) is 11.1 Å². The fraction of sp³-hybridized carbons (Fsp3) is 0.562. The molecule has 3 heteroatoms. The molecule has 1 saturated carbocycles. The Morgan fingerprint density at radius 1 is 1.21 bits per heavy atom. The quantitative estimate of drug-likeness (QED) is 0.473. The molecule has 0 N–H and O–H groups in total. The van der Waals surface area contributed by atoms with Crippen LogP contribution in [0, 0.1) is 0 Å². The van der Waals surface area contributed by atoms with E-state index < -0.39 is 0 Å². The topological polar surface area (TPSA) is 38.7 Å². The molecule has 19 heavy (non-hydrogen) atoms. The fourth-order valence-corrected chi connectivity index (χ4v) is 3.29. The van der Waals surface area contributed by atoms with Crippen molar-refractivity contribution in [3.63, 3.8) is 0 Å². The van der Waals surface area contributed by atoms with Crippen molar-refractivity contribution in [2.24, 2.45) is 4.99 Å². The lowest BCUT2D eigenvalue weighted by Crippen LogP contribution is -2.11. The van der Waals surface area contributed by atoms with E-state index in [0.29, 0.717) is 0 Å². The molecule has 3 nitrogen and oxygen atoms in total. The number of aryl methyl sites for hydroxylation is 1. The van der Waals surface area contributed by atoms with Crippen LogP contribution in [0.1, 0.15) is 48.8 Å². The van der Waals surface area contributed by atoms with E-state index in [-0.39, 0.29) is 5.54 Å². The monoisotopic (exact) mass is 257 g/mol. The number of fused-ring (bicyclic) bond motifs is 1. The summed E-state index contributed by atoms with van der Waals surface area (Å²) in [7, 11) is 1.70. The number of benzene rings is 1. The zero-order valence-corrected chi connectivity index (χ0v) is 11.4. The molecule has 2 aliphatic rings. The first-order chi connectivity index (χ1) is 9.30. The third-order valence-corrected chi connectivity index (χ3v) is 4.41. The number of nitrogens with zero attached hydrogens (tertiary/aromatic N) is 1. The van der Waals surface area contributed by atoms with E-state index in [1.54, 1.807) is 13.2 Å². The molecule has 0 aliphatic heterocycles. The Morgan fingerprint density at radius 2 is 2.00 bits per heavy atom. The van der Waals surface area contributed by atoms with Crippen molar-refractivity contribution >= 4 is 6.08 Å². The minimum Gasteiger partial charge on any atom is -0.496 e. The van der Waals surface area contributed by atoms with E-state index in [1.165, 1.54) is 30.4 Å². The maximum atomic E-state index is 10.7. The van der Waals surface area contributed by atoms with Gasteiger partial charge in [-0.15, -0.1) is 0 Å². The van der Waals surface area contributed by atoms with Crippen LogP contribution in [0.3, 0.4) is 0 Å². The van der Waals surface area contributed by atoms with Gasteiger partial charge in [-0.1, -0.05) is 12.5 Å². The van der Waals surface area contributed by atoms with Crippen molar-refractivity contribution in [2.45, 2.75) is 50.5 Å². The Hall–Kier alpha value is -1.60. The Labute approximate surface area is 113 Å². The second kappa shape index (κ2) is 4.82. The van der Waals surface area contributed by atoms with Crippen LogP contribution in [0.25, 0.3) is 0 Å². The summed E-state index contributed by atoms with van der Waals surface area (Å²) in [6.45, 7) is 0. The molecule has 0 unspecified atom stereocenters. The number of methoxy groups -OCH3 is 1. The molecule has 0 spiro atoms. The van der Waals surface area contributed by atoms with Crippen LogP contribution < -0.4 is 4.74 Å². The first-order valence-corrected chi connectivity index (χ1v) is 7.09. The van der Waals surface area contributed by atoms with Crippen molar-refractivity contribution in [1.82, 2.24) is 0 Å². The molecule has 1 fully saturated rings. The summed E-state index contributed by atoms with van der Waals surface area (Å²) >= 11 is 0. The average Bonchev–Trinajstić information content (AvgIpc) is 3.21. The predicted molar refractivity (Wildman–Crippen MR) is 73.3 cm³/mol. The second-order valence-corrected chi connectivity index (χ2v) is 5.58. The van der Waals surface area contributed by atoms with Crippen molar-refractivity contribution in [2.75, 3.05) is 7.11 Å². The van der Waals surface area contributed by atoms with Crippen molar-refractivity contribution in [1.29, 1.82) is 0 Å². The first-order valence-electron chi connectivity index (χ1n) is 7.09. The maximum Gasteiger partial charge on any atom is 0.235 e. The van der Waals surface area contributed by atoms with Crippen molar-refractivity contribution in [3.05, 3.63) is 28.8 Å². The largest absolute Gasteiger partial charge is 0.496 e. The van der Waals surface area contributed by atoms with Gasteiger partial charge in [0.05, 0.1) is 7.11 Å². The number of isocyanates is 1. The van der Waals surface area contributed by atoms with Crippen LogP contribution in [0.5, 0.6) is 5.75 Å². The third-order valence-electron chi connectivity index (χ3n) is 4.41. The predicted octanol–water partition coefficient (Wildman–Crippen LogP) is 3.29. The molecule has 0 amide bonds. The van der Waals surface area contributed by atoms with E-state index in [0.717, 1.165) is 37.0 Å². The summed E-state index contributed by atoms with van der Waals surface area (Å²) < 4.78 is 5.54. The first kappa shape index (κ1) is 12.4. The lowest BCUT2D eigenvalue weighted by atomic mass is 9.90. The highest BCUT2D eigenvalue weighted by molar-refractivity contribution is 5.54. The van der Waals surface area contributed by atoms with Gasteiger partial charge in [-0.25, -0.2) is 4.79 Å². The van der Waals surface area contributed by atoms with Crippen LogP contribution in [0.2, 0.25) is 0 Å². The van der Waals surface area contributed by atoms with Gasteiger partial charge in [-0.05, 0) is 55.7 Å². The van der Waals surface area contributed by atoms with Gasteiger partial charge in [0.2, 0.25) is 6.08 Å². The number of aliphatic imine (C=N–C) groups is 1. The van der Waals surface area contributed by atoms with Crippen LogP contribution >= 0.6 is 0 Å². The molecule has 3 rings (SSSR count). The SMILES string of the molecule is COc1ccc2c(c1C1(N=C=O)CC1)CCCCC2. The number of ether oxygens (including phenoxy) is 1. The highest BCUT2D eigenvalue weighted by Gasteiger charge is 2.48. The molecular weight excluding hydrogens is 238 g/mol. The van der Waals surface area contributed by atoms with Crippen LogP contribution in [-0.2, 0) is 23.2 Å². The number of rotatable bonds is 3. The smallest absolute Gasteiger partial charge is 0.235 e. The molecule has 2 aliphatic carbocycles. The Balaban J connectivity index is 2.17. The molecule has 0 bridgehead atoms. The minimum atomic E-state index is -0.331. The summed E-state index contributed by atoms with van der Waals surface area (Å²) in [4.78, 5) is 14.8. The van der Waals surface area contributed by atoms with Gasteiger partial charge in [0.1, 0.15) is 11.3 Å². The summed E-state index contributed by atoms with van der Waals surface area (Å²) in [6.07, 6.45) is 9.60. The molecule has 1 aromatic rings. The van der Waals surface area contributed by atoms with E-state index >= 15 is 0 Å². The average molecular weight is 257 g/mol. The molecular formula is C16H19NO2. The molecule has 100 valence electrons. The molecule has 0 atom stereocenters. The highest BCUT2D eigenvalue weighted by atomic mass is 16.5. The molecule has 0 heterocycles. The molecule has 0 radical (unpaired) electrons. The summed E-state index contributed by atoms with van der Waals surface area (Å²) in [6, 6.07) is 4.23. The Kier molecular flexibility index (Phi) is 3.16. The minimum absolute atomic E-state index is 0.331. The summed E-state index contributed by atoms with van der Waals surface area (Å²) in [5.41, 5.74) is 3.63. The number of hydrogen-bond acceptors (Lipinski definition) is 3. The van der Waals surface area contributed by atoms with E-state index in [9.17, 15) is 4.79 Å². The lowest BCUT2D eigenvalue weighted by molar-refractivity contribution is 0.403. The maximum absolute atomic E-state index is 10.7. The zero-order chi connectivity index (χ0) is 13.3. The van der Waals surface area contributed by atoms with Crippen molar-refractivity contribution in [3.8, 4) is 5.75 Å². The molecule has 0 aromatic heterocycles. The van der Waals surface area contributed by atoms with Gasteiger partial charge >= 0.3 is 0 Å². The van der Waals surface area contributed by atoms with Crippen LogP contribution in [-0.4, -0.2) is 13.2 Å².